The first-order chi connectivity index (χ1) is 7.20. The quantitative estimate of drug-likeness (QED) is 0.802. The smallest absolute Gasteiger partial charge is 0.0825 e. The fraction of sp³-hybridized carbons (Fsp3) is 0.750. The molecule has 3 heteroatoms. The molecule has 1 aliphatic carbocycles. The average molecular weight is 208 g/mol. The predicted molar refractivity (Wildman–Crippen MR) is 59.4 cm³/mol. The van der Waals surface area contributed by atoms with Crippen molar-refractivity contribution in [3.05, 3.63) is 18.0 Å². The molecule has 2 N–H and O–H groups in total. The summed E-state index contributed by atoms with van der Waals surface area (Å²) in [7, 11) is 0. The summed E-state index contributed by atoms with van der Waals surface area (Å²) in [5.74, 6) is 0. The third kappa shape index (κ3) is 2.59. The van der Waals surface area contributed by atoms with Gasteiger partial charge in [-0.25, -0.2) is 0 Å². The molecule has 0 aliphatic heterocycles. The first-order valence-corrected chi connectivity index (χ1v) is 5.86. The Kier molecular flexibility index (Phi) is 3.10. The molecule has 1 aromatic heterocycles. The van der Waals surface area contributed by atoms with Gasteiger partial charge in [0, 0.05) is 11.8 Å². The van der Waals surface area contributed by atoms with Crippen molar-refractivity contribution < 1.29 is 5.11 Å². The van der Waals surface area contributed by atoms with Gasteiger partial charge in [-0.05, 0) is 24.7 Å². The van der Waals surface area contributed by atoms with Crippen molar-refractivity contribution in [3.8, 4) is 0 Å². The zero-order valence-corrected chi connectivity index (χ0v) is 9.37. The third-order valence-electron chi connectivity index (χ3n) is 3.65. The molecule has 1 heterocycles. The molecule has 1 fully saturated rings. The van der Waals surface area contributed by atoms with Gasteiger partial charge in [0.1, 0.15) is 0 Å². The van der Waals surface area contributed by atoms with Gasteiger partial charge in [-0.1, -0.05) is 26.2 Å². The van der Waals surface area contributed by atoms with Gasteiger partial charge in [0.05, 0.1) is 12.3 Å². The van der Waals surface area contributed by atoms with Crippen molar-refractivity contribution in [2.24, 2.45) is 5.41 Å². The van der Waals surface area contributed by atoms with Crippen LogP contribution in [0.5, 0.6) is 0 Å². The summed E-state index contributed by atoms with van der Waals surface area (Å²) in [5.41, 5.74) is 1.25. The van der Waals surface area contributed by atoms with Gasteiger partial charge in [-0.2, -0.15) is 5.10 Å². The maximum atomic E-state index is 10.1. The summed E-state index contributed by atoms with van der Waals surface area (Å²) in [6.45, 7) is 2.30. The van der Waals surface area contributed by atoms with Crippen molar-refractivity contribution in [1.82, 2.24) is 10.2 Å². The molecule has 84 valence electrons. The topological polar surface area (TPSA) is 48.9 Å². The second kappa shape index (κ2) is 4.35. The summed E-state index contributed by atoms with van der Waals surface area (Å²) in [6.07, 6.45) is 10.5. The van der Waals surface area contributed by atoms with Gasteiger partial charge in [0.25, 0.3) is 0 Å². The van der Waals surface area contributed by atoms with Crippen LogP contribution in [-0.4, -0.2) is 15.3 Å². The maximum Gasteiger partial charge on any atom is 0.0825 e. The highest BCUT2D eigenvalue weighted by Gasteiger charge is 2.29. The molecule has 2 rings (SSSR count). The standard InChI is InChI=1S/C12H20N2O/c1-12(5-3-2-4-6-12)7-11(15)10-8-13-14-9-10/h8-9,11,15H,2-7H2,1H3,(H,13,14). The number of aliphatic hydroxyl groups excluding tert-OH is 1. The Morgan fingerprint density at radius 3 is 2.80 bits per heavy atom. The van der Waals surface area contributed by atoms with E-state index in [0.717, 1.165) is 12.0 Å². The monoisotopic (exact) mass is 208 g/mol. The molecule has 0 radical (unpaired) electrons. The van der Waals surface area contributed by atoms with Gasteiger partial charge < -0.3 is 5.11 Å². The molecular weight excluding hydrogens is 188 g/mol. The first kappa shape index (κ1) is 10.7. The van der Waals surface area contributed by atoms with E-state index in [4.69, 9.17) is 0 Å². The minimum absolute atomic E-state index is 0.328. The Labute approximate surface area is 90.9 Å². The highest BCUT2D eigenvalue weighted by Crippen LogP contribution is 2.42. The molecule has 1 saturated carbocycles. The lowest BCUT2D eigenvalue weighted by atomic mass is 9.72. The van der Waals surface area contributed by atoms with Crippen LogP contribution < -0.4 is 0 Å². The molecule has 0 bridgehead atoms. The lowest BCUT2D eigenvalue weighted by molar-refractivity contribution is 0.0813. The number of H-pyrrole nitrogens is 1. The summed E-state index contributed by atoms with van der Waals surface area (Å²) in [4.78, 5) is 0. The van der Waals surface area contributed by atoms with Gasteiger partial charge in [0.2, 0.25) is 0 Å². The number of nitrogens with zero attached hydrogens (tertiary/aromatic N) is 1. The van der Waals surface area contributed by atoms with Crippen molar-refractivity contribution >= 4 is 0 Å². The van der Waals surface area contributed by atoms with Crippen molar-refractivity contribution in [2.45, 2.75) is 51.6 Å². The van der Waals surface area contributed by atoms with Crippen molar-refractivity contribution in [1.29, 1.82) is 0 Å². The van der Waals surface area contributed by atoms with Crippen LogP contribution in [0, 0.1) is 5.41 Å². The molecular formula is C12H20N2O. The van der Waals surface area contributed by atoms with Gasteiger partial charge >= 0.3 is 0 Å². The van der Waals surface area contributed by atoms with Crippen LogP contribution in [0.25, 0.3) is 0 Å². The predicted octanol–water partition coefficient (Wildman–Crippen LogP) is 2.80. The minimum Gasteiger partial charge on any atom is -0.388 e. The third-order valence-corrected chi connectivity index (χ3v) is 3.65. The zero-order valence-electron chi connectivity index (χ0n) is 9.37. The van der Waals surface area contributed by atoms with Crippen LogP contribution in [0.2, 0.25) is 0 Å². The lowest BCUT2D eigenvalue weighted by Gasteiger charge is -2.35. The van der Waals surface area contributed by atoms with Crippen LogP contribution in [-0.2, 0) is 0 Å². The van der Waals surface area contributed by atoms with E-state index in [1.165, 1.54) is 32.1 Å². The number of aromatic nitrogens is 2. The first-order valence-electron chi connectivity index (χ1n) is 5.86. The number of aromatic amines is 1. The molecule has 1 atom stereocenters. The van der Waals surface area contributed by atoms with E-state index in [0.29, 0.717) is 5.41 Å². The summed E-state index contributed by atoms with van der Waals surface area (Å²) in [6, 6.07) is 0. The van der Waals surface area contributed by atoms with Gasteiger partial charge in [-0.3, -0.25) is 5.10 Å². The van der Waals surface area contributed by atoms with E-state index in [-0.39, 0.29) is 6.10 Å². The van der Waals surface area contributed by atoms with E-state index in [1.54, 1.807) is 12.4 Å². The normalized spacial score (nSPS) is 22.5. The largest absolute Gasteiger partial charge is 0.388 e. The molecule has 1 aromatic rings. The van der Waals surface area contributed by atoms with E-state index in [9.17, 15) is 5.11 Å². The fourth-order valence-electron chi connectivity index (χ4n) is 2.64. The van der Waals surface area contributed by atoms with E-state index >= 15 is 0 Å². The second-order valence-electron chi connectivity index (χ2n) is 5.12. The molecule has 15 heavy (non-hydrogen) atoms. The van der Waals surface area contributed by atoms with Crippen LogP contribution in [0.15, 0.2) is 12.4 Å². The van der Waals surface area contributed by atoms with Crippen LogP contribution in [0.4, 0.5) is 0 Å². The Morgan fingerprint density at radius 1 is 1.47 bits per heavy atom. The fourth-order valence-corrected chi connectivity index (χ4v) is 2.64. The van der Waals surface area contributed by atoms with Crippen molar-refractivity contribution in [3.63, 3.8) is 0 Å². The molecule has 0 saturated heterocycles. The Balaban J connectivity index is 1.95. The second-order valence-corrected chi connectivity index (χ2v) is 5.12. The molecule has 3 nitrogen and oxygen atoms in total. The summed E-state index contributed by atoms with van der Waals surface area (Å²) >= 11 is 0. The molecule has 0 spiro atoms. The number of aliphatic hydroxyl groups is 1. The molecule has 0 amide bonds. The molecule has 0 aromatic carbocycles. The molecule has 1 aliphatic rings. The summed E-state index contributed by atoms with van der Waals surface area (Å²) < 4.78 is 0. The SMILES string of the molecule is CC1(CC(O)c2cn[nH]c2)CCCCC1. The van der Waals surface area contributed by atoms with E-state index < -0.39 is 0 Å². The summed E-state index contributed by atoms with van der Waals surface area (Å²) in [5, 5.41) is 16.7. The average Bonchev–Trinajstić information content (AvgIpc) is 2.70. The number of hydrogen-bond acceptors (Lipinski definition) is 2. The molecule has 1 unspecified atom stereocenters. The Bertz CT molecular complexity index is 289. The highest BCUT2D eigenvalue weighted by atomic mass is 16.3. The van der Waals surface area contributed by atoms with E-state index in [2.05, 4.69) is 17.1 Å². The number of rotatable bonds is 3. The van der Waals surface area contributed by atoms with Crippen LogP contribution >= 0.6 is 0 Å². The Hall–Kier alpha value is -0.830. The zero-order chi connectivity index (χ0) is 10.7. The van der Waals surface area contributed by atoms with Gasteiger partial charge in [-0.15, -0.1) is 0 Å². The highest BCUT2D eigenvalue weighted by molar-refractivity contribution is 5.07. The number of hydrogen-bond donors (Lipinski definition) is 2. The van der Waals surface area contributed by atoms with Crippen LogP contribution in [0.3, 0.4) is 0 Å². The Morgan fingerprint density at radius 2 is 2.20 bits per heavy atom. The number of nitrogens with one attached hydrogen (secondary N) is 1. The van der Waals surface area contributed by atoms with Crippen molar-refractivity contribution in [2.75, 3.05) is 0 Å². The minimum atomic E-state index is -0.355. The maximum absolute atomic E-state index is 10.1. The van der Waals surface area contributed by atoms with Crippen LogP contribution in [0.1, 0.15) is 57.1 Å². The van der Waals surface area contributed by atoms with E-state index in [1.807, 2.05) is 0 Å². The lowest BCUT2D eigenvalue weighted by Crippen LogP contribution is -2.22. The van der Waals surface area contributed by atoms with Gasteiger partial charge in [0.15, 0.2) is 0 Å².